The highest BCUT2D eigenvalue weighted by molar-refractivity contribution is 9.10. The van der Waals surface area contributed by atoms with Gasteiger partial charge in [-0.15, -0.1) is 0 Å². The fraction of sp³-hybridized carbons (Fsp3) is 0.538. The summed E-state index contributed by atoms with van der Waals surface area (Å²) in [4.78, 5) is 0. The first-order chi connectivity index (χ1) is 7.26. The zero-order chi connectivity index (χ0) is 10.5. The molecule has 0 radical (unpaired) electrons. The maximum absolute atomic E-state index is 5.74. The highest BCUT2D eigenvalue weighted by atomic mass is 79.9. The fourth-order valence-electron chi connectivity index (χ4n) is 2.97. The number of benzene rings is 1. The largest absolute Gasteiger partial charge is 0.330 e. The predicted octanol–water partition coefficient (Wildman–Crippen LogP) is 3.08. The summed E-state index contributed by atoms with van der Waals surface area (Å²) in [6.07, 6.45) is 4.10. The third-order valence-electron chi connectivity index (χ3n) is 4.14. The van der Waals surface area contributed by atoms with Crippen LogP contribution in [-0.2, 0) is 5.41 Å². The Morgan fingerprint density at radius 2 is 1.93 bits per heavy atom. The molecule has 1 aromatic carbocycles. The van der Waals surface area contributed by atoms with Crippen LogP contribution in [0.4, 0.5) is 0 Å². The third-order valence-corrected chi connectivity index (χ3v) is 4.67. The maximum Gasteiger partial charge on any atom is 0.0175 e. The average Bonchev–Trinajstić information content (AvgIpc) is 3.13. The maximum atomic E-state index is 5.74. The Morgan fingerprint density at radius 1 is 1.27 bits per heavy atom. The van der Waals surface area contributed by atoms with Crippen LogP contribution < -0.4 is 5.73 Å². The van der Waals surface area contributed by atoms with Crippen LogP contribution in [0, 0.1) is 11.8 Å². The Bertz CT molecular complexity index is 367. The Labute approximate surface area is 99.2 Å². The van der Waals surface area contributed by atoms with E-state index in [9.17, 15) is 0 Å². The molecule has 0 saturated heterocycles. The van der Waals surface area contributed by atoms with Gasteiger partial charge in [-0.05, 0) is 60.8 Å². The Hall–Kier alpha value is -0.340. The molecule has 2 unspecified atom stereocenters. The molecule has 0 amide bonds. The van der Waals surface area contributed by atoms with E-state index in [2.05, 4.69) is 40.2 Å². The first-order valence-corrected chi connectivity index (χ1v) is 6.52. The highest BCUT2D eigenvalue weighted by Gasteiger charge is 2.59. The van der Waals surface area contributed by atoms with Crippen LogP contribution in [0.1, 0.15) is 24.8 Å². The molecule has 80 valence electrons. The first kappa shape index (κ1) is 9.86. The summed E-state index contributed by atoms with van der Waals surface area (Å²) in [5, 5.41) is 0. The van der Waals surface area contributed by atoms with E-state index in [-0.39, 0.29) is 0 Å². The van der Waals surface area contributed by atoms with Gasteiger partial charge in [0.1, 0.15) is 0 Å². The minimum absolute atomic E-state index is 0.519. The van der Waals surface area contributed by atoms with E-state index in [4.69, 9.17) is 5.73 Å². The lowest BCUT2D eigenvalue weighted by Gasteiger charge is -2.15. The predicted molar refractivity (Wildman–Crippen MR) is 65.7 cm³/mol. The lowest BCUT2D eigenvalue weighted by molar-refractivity contribution is 0.547. The van der Waals surface area contributed by atoms with Gasteiger partial charge in [-0.3, -0.25) is 0 Å². The molecule has 2 N–H and O–H groups in total. The third kappa shape index (κ3) is 1.55. The zero-order valence-electron chi connectivity index (χ0n) is 8.75. The molecule has 3 rings (SSSR count). The molecule has 2 fully saturated rings. The molecule has 0 aliphatic heterocycles. The van der Waals surface area contributed by atoms with Crippen molar-refractivity contribution in [2.45, 2.75) is 24.7 Å². The zero-order valence-corrected chi connectivity index (χ0v) is 10.3. The summed E-state index contributed by atoms with van der Waals surface area (Å²) in [6, 6.07) is 8.89. The quantitative estimate of drug-likeness (QED) is 0.894. The molecule has 2 atom stereocenters. The topological polar surface area (TPSA) is 26.0 Å². The van der Waals surface area contributed by atoms with Crippen molar-refractivity contribution in [3.05, 3.63) is 34.3 Å². The lowest BCUT2D eigenvalue weighted by Crippen LogP contribution is -2.13. The van der Waals surface area contributed by atoms with E-state index >= 15 is 0 Å². The van der Waals surface area contributed by atoms with E-state index in [1.54, 1.807) is 0 Å². The molecule has 15 heavy (non-hydrogen) atoms. The van der Waals surface area contributed by atoms with Crippen molar-refractivity contribution in [1.29, 1.82) is 0 Å². The molecule has 2 saturated carbocycles. The molecule has 0 heterocycles. The summed E-state index contributed by atoms with van der Waals surface area (Å²) in [6.45, 7) is 0.878. The van der Waals surface area contributed by atoms with Gasteiger partial charge in [-0.1, -0.05) is 28.1 Å². The van der Waals surface area contributed by atoms with Gasteiger partial charge in [0, 0.05) is 4.47 Å². The molecule has 2 aliphatic carbocycles. The van der Waals surface area contributed by atoms with Crippen molar-refractivity contribution in [3.8, 4) is 0 Å². The van der Waals surface area contributed by atoms with E-state index in [0.717, 1.165) is 18.4 Å². The number of nitrogens with two attached hydrogens (primary N) is 1. The number of rotatable bonds is 3. The monoisotopic (exact) mass is 265 g/mol. The minimum atomic E-state index is 0.519. The minimum Gasteiger partial charge on any atom is -0.330 e. The van der Waals surface area contributed by atoms with Gasteiger partial charge in [-0.25, -0.2) is 0 Å². The van der Waals surface area contributed by atoms with Crippen molar-refractivity contribution in [1.82, 2.24) is 0 Å². The smallest absolute Gasteiger partial charge is 0.0175 e. The standard InChI is InChI=1S/C13H16BrN/c14-11-3-1-10(2-4-11)13(5-6-13)12-7-9(12)8-15/h1-4,9,12H,5-8,15H2. The van der Waals surface area contributed by atoms with Crippen LogP contribution in [0.25, 0.3) is 0 Å². The molecule has 2 heteroatoms. The van der Waals surface area contributed by atoms with Crippen LogP contribution in [0.2, 0.25) is 0 Å². The van der Waals surface area contributed by atoms with Crippen molar-refractivity contribution in [2.24, 2.45) is 17.6 Å². The van der Waals surface area contributed by atoms with E-state index in [0.29, 0.717) is 5.41 Å². The van der Waals surface area contributed by atoms with Gasteiger partial charge >= 0.3 is 0 Å². The number of hydrogen-bond donors (Lipinski definition) is 1. The van der Waals surface area contributed by atoms with E-state index in [1.165, 1.54) is 29.3 Å². The second kappa shape index (κ2) is 3.33. The molecule has 0 spiro atoms. The molecule has 1 nitrogen and oxygen atoms in total. The van der Waals surface area contributed by atoms with Crippen LogP contribution in [0.15, 0.2) is 28.7 Å². The van der Waals surface area contributed by atoms with Gasteiger partial charge in [0.2, 0.25) is 0 Å². The Morgan fingerprint density at radius 3 is 2.40 bits per heavy atom. The van der Waals surface area contributed by atoms with Gasteiger partial charge in [0.25, 0.3) is 0 Å². The van der Waals surface area contributed by atoms with Gasteiger partial charge in [-0.2, -0.15) is 0 Å². The molecule has 0 bridgehead atoms. The SMILES string of the molecule is NCC1CC1C1(c2ccc(Br)cc2)CC1. The van der Waals surface area contributed by atoms with Crippen LogP contribution in [-0.4, -0.2) is 6.54 Å². The first-order valence-electron chi connectivity index (χ1n) is 5.72. The summed E-state index contributed by atoms with van der Waals surface area (Å²) in [5.41, 5.74) is 7.80. The van der Waals surface area contributed by atoms with Crippen LogP contribution in [0.3, 0.4) is 0 Å². The molecular formula is C13H16BrN. The molecule has 1 aromatic rings. The molecule has 0 aromatic heterocycles. The van der Waals surface area contributed by atoms with Gasteiger partial charge < -0.3 is 5.73 Å². The average molecular weight is 266 g/mol. The van der Waals surface area contributed by atoms with Crippen molar-refractivity contribution in [3.63, 3.8) is 0 Å². The normalized spacial score (nSPS) is 31.3. The second-order valence-corrected chi connectivity index (χ2v) is 5.92. The van der Waals surface area contributed by atoms with Crippen molar-refractivity contribution in [2.75, 3.05) is 6.54 Å². The summed E-state index contributed by atoms with van der Waals surface area (Å²) in [5.74, 6) is 1.68. The number of halogens is 1. The van der Waals surface area contributed by atoms with Crippen LogP contribution in [0.5, 0.6) is 0 Å². The lowest BCUT2D eigenvalue weighted by atomic mass is 9.89. The Balaban J connectivity index is 1.85. The molecular weight excluding hydrogens is 250 g/mol. The van der Waals surface area contributed by atoms with Crippen molar-refractivity contribution < 1.29 is 0 Å². The summed E-state index contributed by atoms with van der Waals surface area (Å²) in [7, 11) is 0. The summed E-state index contributed by atoms with van der Waals surface area (Å²) < 4.78 is 1.17. The Kier molecular flexibility index (Phi) is 2.18. The summed E-state index contributed by atoms with van der Waals surface area (Å²) >= 11 is 3.49. The second-order valence-electron chi connectivity index (χ2n) is 5.00. The van der Waals surface area contributed by atoms with Gasteiger partial charge in [0.05, 0.1) is 0 Å². The van der Waals surface area contributed by atoms with Crippen LogP contribution >= 0.6 is 15.9 Å². The fourth-order valence-corrected chi connectivity index (χ4v) is 3.24. The van der Waals surface area contributed by atoms with E-state index < -0.39 is 0 Å². The number of hydrogen-bond acceptors (Lipinski definition) is 1. The van der Waals surface area contributed by atoms with Gasteiger partial charge in [0.15, 0.2) is 0 Å². The highest BCUT2D eigenvalue weighted by Crippen LogP contribution is 2.64. The van der Waals surface area contributed by atoms with E-state index in [1.807, 2.05) is 0 Å². The van der Waals surface area contributed by atoms with Crippen molar-refractivity contribution >= 4 is 15.9 Å². The molecule has 2 aliphatic rings.